The van der Waals surface area contributed by atoms with Crippen molar-refractivity contribution < 1.29 is 19.0 Å². The highest BCUT2D eigenvalue weighted by Crippen LogP contribution is 2.44. The first-order chi connectivity index (χ1) is 17.4. The lowest BCUT2D eigenvalue weighted by molar-refractivity contribution is 0.0740. The summed E-state index contributed by atoms with van der Waals surface area (Å²) in [5.41, 5.74) is 7.97. The zero-order chi connectivity index (χ0) is 25.4. The van der Waals surface area contributed by atoms with E-state index in [2.05, 4.69) is 6.07 Å². The van der Waals surface area contributed by atoms with Gasteiger partial charge >= 0.3 is 5.97 Å². The molecule has 6 nitrogen and oxygen atoms in total. The highest BCUT2D eigenvalue weighted by molar-refractivity contribution is 7.21. The zero-order valence-electron chi connectivity index (χ0n) is 18.9. The monoisotopic (exact) mass is 536 g/mol. The topological polar surface area (TPSA) is 94.6 Å². The molecule has 0 saturated carbocycles. The number of halogens is 2. The molecule has 9 heteroatoms. The molecule has 36 heavy (non-hydrogen) atoms. The maximum absolute atomic E-state index is 12.9. The van der Waals surface area contributed by atoms with Crippen molar-refractivity contribution in [2.24, 2.45) is 5.73 Å². The molecule has 0 radical (unpaired) electrons. The molecule has 1 aromatic heterocycles. The molecule has 0 fully saturated rings. The molecule has 1 aliphatic heterocycles. The van der Waals surface area contributed by atoms with Crippen LogP contribution in [0.4, 0.5) is 0 Å². The van der Waals surface area contributed by atoms with Gasteiger partial charge in [0, 0.05) is 21.7 Å². The van der Waals surface area contributed by atoms with Crippen molar-refractivity contribution in [2.45, 2.75) is 12.8 Å². The van der Waals surface area contributed by atoms with Gasteiger partial charge in [-0.15, -0.1) is 11.3 Å². The Hall–Kier alpha value is -3.70. The van der Waals surface area contributed by atoms with Gasteiger partial charge in [-0.2, -0.15) is 5.26 Å². The third kappa shape index (κ3) is 4.24. The van der Waals surface area contributed by atoms with Crippen LogP contribution in [0.25, 0.3) is 10.1 Å². The molecule has 4 aromatic rings. The normalized spacial score (nSPS) is 14.7. The maximum atomic E-state index is 12.9. The van der Waals surface area contributed by atoms with Gasteiger partial charge in [0.05, 0.1) is 22.6 Å². The second-order valence-electron chi connectivity index (χ2n) is 7.87. The fraction of sp³-hybridized carbons (Fsp3) is 0.111. The third-order valence-electron chi connectivity index (χ3n) is 5.72. The van der Waals surface area contributed by atoms with Gasteiger partial charge in [0.15, 0.2) is 0 Å². The van der Waals surface area contributed by atoms with Crippen molar-refractivity contribution in [1.82, 2.24) is 0 Å². The summed E-state index contributed by atoms with van der Waals surface area (Å²) >= 11 is 13.9. The fourth-order valence-electron chi connectivity index (χ4n) is 4.12. The Labute approximate surface area is 221 Å². The number of nitriles is 1. The Morgan fingerprint density at radius 1 is 1.14 bits per heavy atom. The van der Waals surface area contributed by atoms with Gasteiger partial charge in [-0.3, -0.25) is 0 Å². The lowest BCUT2D eigenvalue weighted by Gasteiger charge is -2.26. The average Bonchev–Trinajstić information content (AvgIpc) is 3.21. The highest BCUT2D eigenvalue weighted by atomic mass is 35.5. The lowest BCUT2D eigenvalue weighted by Crippen LogP contribution is -2.21. The molecule has 0 spiro atoms. The van der Waals surface area contributed by atoms with Gasteiger partial charge in [-0.1, -0.05) is 47.5 Å². The van der Waals surface area contributed by atoms with Crippen LogP contribution in [0.15, 0.2) is 72.1 Å². The summed E-state index contributed by atoms with van der Waals surface area (Å²) < 4.78 is 17.7. The number of allylic oxidation sites excluding steroid dienone is 1. The minimum atomic E-state index is -0.614. The highest BCUT2D eigenvalue weighted by Gasteiger charge is 2.31. The molecule has 180 valence electrons. The van der Waals surface area contributed by atoms with Crippen molar-refractivity contribution >= 4 is 50.6 Å². The fourth-order valence-corrected chi connectivity index (χ4v) is 5.94. The molecular formula is C27H18Cl2N2O4S. The summed E-state index contributed by atoms with van der Waals surface area (Å²) in [6.07, 6.45) is 0. The molecule has 3 aromatic carbocycles. The van der Waals surface area contributed by atoms with Gasteiger partial charge in [0.25, 0.3) is 0 Å². The predicted molar refractivity (Wildman–Crippen MR) is 140 cm³/mol. The third-order valence-corrected chi connectivity index (χ3v) is 7.66. The van der Waals surface area contributed by atoms with Crippen LogP contribution < -0.4 is 19.9 Å². The van der Waals surface area contributed by atoms with Gasteiger partial charge in [0.1, 0.15) is 33.8 Å². The number of carbonyl (C=O) groups excluding carboxylic acids is 1. The molecule has 1 aliphatic rings. The number of carbonyl (C=O) groups is 1. The summed E-state index contributed by atoms with van der Waals surface area (Å²) in [6, 6.07) is 19.9. The van der Waals surface area contributed by atoms with Crippen molar-refractivity contribution in [1.29, 1.82) is 5.26 Å². The van der Waals surface area contributed by atoms with Crippen LogP contribution >= 0.6 is 34.5 Å². The number of hydrogen-bond donors (Lipinski definition) is 1. The lowest BCUT2D eigenvalue weighted by atomic mass is 9.83. The molecule has 1 atom stereocenters. The van der Waals surface area contributed by atoms with Gasteiger partial charge in [0.2, 0.25) is 5.88 Å². The summed E-state index contributed by atoms with van der Waals surface area (Å²) in [4.78, 5) is 13.2. The van der Waals surface area contributed by atoms with E-state index in [4.69, 9.17) is 43.1 Å². The smallest absolute Gasteiger partial charge is 0.355 e. The van der Waals surface area contributed by atoms with E-state index >= 15 is 0 Å². The number of nitrogens with two attached hydrogens (primary N) is 1. The van der Waals surface area contributed by atoms with Crippen molar-refractivity contribution in [3.05, 3.63) is 98.2 Å². The first kappa shape index (κ1) is 24.0. The van der Waals surface area contributed by atoms with Crippen LogP contribution in [-0.4, -0.2) is 12.6 Å². The van der Waals surface area contributed by atoms with Crippen molar-refractivity contribution in [2.75, 3.05) is 6.61 Å². The molecular weight excluding hydrogens is 519 g/mol. The number of ether oxygens (including phenoxy) is 3. The number of fused-ring (bicyclic) bond motifs is 2. The molecule has 0 aliphatic carbocycles. The number of esters is 1. The average molecular weight is 537 g/mol. The van der Waals surface area contributed by atoms with Crippen LogP contribution in [-0.2, 0) is 0 Å². The summed E-state index contributed by atoms with van der Waals surface area (Å²) in [6.45, 7) is 2.46. The van der Waals surface area contributed by atoms with Gasteiger partial charge in [-0.05, 0) is 42.8 Å². The van der Waals surface area contributed by atoms with Crippen molar-refractivity contribution in [3.8, 4) is 23.3 Å². The number of hydrogen-bond acceptors (Lipinski definition) is 7. The Morgan fingerprint density at radius 2 is 1.89 bits per heavy atom. The van der Waals surface area contributed by atoms with E-state index in [1.807, 2.05) is 37.3 Å². The number of nitrogens with zero attached hydrogens (tertiary/aromatic N) is 1. The largest absolute Gasteiger partial charge is 0.494 e. The summed E-state index contributed by atoms with van der Waals surface area (Å²) in [5, 5.41) is 11.1. The molecule has 2 N–H and O–H groups in total. The van der Waals surface area contributed by atoms with Crippen LogP contribution in [0.2, 0.25) is 10.0 Å². The van der Waals surface area contributed by atoms with Crippen molar-refractivity contribution in [3.63, 3.8) is 0 Å². The van der Waals surface area contributed by atoms with E-state index in [0.29, 0.717) is 28.3 Å². The van der Waals surface area contributed by atoms with Crippen LogP contribution in [0.5, 0.6) is 17.2 Å². The number of thiophene rings is 1. The number of rotatable bonds is 5. The Bertz CT molecular complexity index is 1570. The second kappa shape index (κ2) is 9.75. The first-order valence-corrected chi connectivity index (χ1v) is 12.5. The SMILES string of the molecule is CCOc1ccc(C2C(C#N)=C(N)Oc3cc(OC(=O)c4sc5cccc(Cl)c5c4Cl)ccc32)cc1. The van der Waals surface area contributed by atoms with Gasteiger partial charge in [-0.25, -0.2) is 4.79 Å². The van der Waals surface area contributed by atoms with E-state index in [1.54, 1.807) is 30.3 Å². The summed E-state index contributed by atoms with van der Waals surface area (Å²) in [5.74, 6) is 0.302. The zero-order valence-corrected chi connectivity index (χ0v) is 21.2. The Balaban J connectivity index is 1.47. The quantitative estimate of drug-likeness (QED) is 0.217. The first-order valence-electron chi connectivity index (χ1n) is 10.9. The van der Waals surface area contributed by atoms with E-state index in [1.165, 1.54) is 11.3 Å². The molecule has 0 amide bonds. The molecule has 0 saturated heterocycles. The molecule has 5 rings (SSSR count). The summed E-state index contributed by atoms with van der Waals surface area (Å²) in [7, 11) is 0. The minimum absolute atomic E-state index is 0.00504. The Kier molecular flexibility index (Phi) is 6.50. The molecule has 0 bridgehead atoms. The van der Waals surface area contributed by atoms with E-state index in [-0.39, 0.29) is 21.5 Å². The van der Waals surface area contributed by atoms with E-state index in [0.717, 1.165) is 21.6 Å². The van der Waals surface area contributed by atoms with Crippen LogP contribution in [0.3, 0.4) is 0 Å². The van der Waals surface area contributed by atoms with E-state index in [9.17, 15) is 10.1 Å². The number of benzene rings is 3. The molecule has 2 heterocycles. The molecule has 1 unspecified atom stereocenters. The van der Waals surface area contributed by atoms with Gasteiger partial charge < -0.3 is 19.9 Å². The van der Waals surface area contributed by atoms with E-state index < -0.39 is 11.9 Å². The van der Waals surface area contributed by atoms with Crippen LogP contribution in [0, 0.1) is 11.3 Å². The standard InChI is InChI=1S/C27H18Cl2N2O4S/c1-2-33-15-8-6-14(7-9-15)22-17-11-10-16(12-20(17)35-26(31)18(22)13-30)34-27(32)25-24(29)23-19(28)4-3-5-21(23)36-25/h3-12,22H,2,31H2,1H3. The Morgan fingerprint density at radius 3 is 2.58 bits per heavy atom. The van der Waals surface area contributed by atoms with Crippen LogP contribution in [0.1, 0.15) is 33.6 Å². The maximum Gasteiger partial charge on any atom is 0.355 e. The minimum Gasteiger partial charge on any atom is -0.494 e. The predicted octanol–water partition coefficient (Wildman–Crippen LogP) is 7.04. The second-order valence-corrected chi connectivity index (χ2v) is 9.71.